The van der Waals surface area contributed by atoms with E-state index in [2.05, 4.69) is 0 Å². The summed E-state index contributed by atoms with van der Waals surface area (Å²) in [6.45, 7) is 2.70. The van der Waals surface area contributed by atoms with Gasteiger partial charge in [-0.15, -0.1) is 0 Å². The van der Waals surface area contributed by atoms with E-state index in [1.54, 1.807) is 12.1 Å². The summed E-state index contributed by atoms with van der Waals surface area (Å²) in [6, 6.07) is 4.70. The third-order valence-electron chi connectivity index (χ3n) is 3.69. The Labute approximate surface area is 105 Å². The molecular weight excluding hydrogens is 243 g/mol. The molecule has 1 fully saturated rings. The number of rotatable bonds is 3. The van der Waals surface area contributed by atoms with Gasteiger partial charge < -0.3 is 9.84 Å². The van der Waals surface area contributed by atoms with Crippen molar-refractivity contribution in [3.8, 4) is 0 Å². The summed E-state index contributed by atoms with van der Waals surface area (Å²) < 4.78 is 18.6. The number of benzene rings is 1. The van der Waals surface area contributed by atoms with Crippen LogP contribution in [-0.4, -0.2) is 24.4 Å². The molecule has 1 heterocycles. The molecule has 0 bridgehead atoms. The molecule has 1 aromatic rings. The average molecular weight is 259 g/mol. The molecule has 0 aliphatic carbocycles. The first kappa shape index (κ1) is 12.8. The molecule has 0 aromatic heterocycles. The lowest BCUT2D eigenvalue weighted by Gasteiger charge is -2.30. The van der Waals surface area contributed by atoms with Crippen molar-refractivity contribution in [1.82, 2.24) is 0 Å². The number of aliphatic hydroxyl groups excluding tert-OH is 1. The molecule has 94 valence electrons. The highest BCUT2D eigenvalue weighted by molar-refractivity contribution is 6.30. The van der Waals surface area contributed by atoms with Crippen LogP contribution in [0.15, 0.2) is 18.2 Å². The van der Waals surface area contributed by atoms with Crippen LogP contribution < -0.4 is 0 Å². The second kappa shape index (κ2) is 4.92. The smallest absolute Gasteiger partial charge is 0.141 e. The Bertz CT molecular complexity index is 410. The zero-order valence-electron chi connectivity index (χ0n) is 9.75. The Morgan fingerprint density at radius 1 is 1.59 bits per heavy atom. The molecule has 2 unspecified atom stereocenters. The minimum atomic E-state index is -0.413. The van der Waals surface area contributed by atoms with Crippen LogP contribution in [0.4, 0.5) is 4.39 Å². The lowest BCUT2D eigenvalue weighted by molar-refractivity contribution is 0.0272. The van der Waals surface area contributed by atoms with Crippen molar-refractivity contribution in [1.29, 1.82) is 0 Å². The van der Waals surface area contributed by atoms with E-state index in [0.717, 1.165) is 12.0 Å². The molecule has 1 aliphatic heterocycles. The molecule has 0 saturated carbocycles. The molecule has 2 rings (SSSR count). The Hall–Kier alpha value is -0.640. The lowest BCUT2D eigenvalue weighted by Crippen LogP contribution is -2.35. The first-order valence-corrected chi connectivity index (χ1v) is 6.11. The Balaban J connectivity index is 2.21. The van der Waals surface area contributed by atoms with Gasteiger partial charge in [0.25, 0.3) is 0 Å². The molecule has 4 heteroatoms. The van der Waals surface area contributed by atoms with Crippen LogP contribution in [0.5, 0.6) is 0 Å². The van der Waals surface area contributed by atoms with Crippen molar-refractivity contribution in [2.45, 2.75) is 25.9 Å². The molecule has 1 saturated heterocycles. The molecule has 2 atom stereocenters. The fourth-order valence-electron chi connectivity index (χ4n) is 2.37. The summed E-state index contributed by atoms with van der Waals surface area (Å²) >= 11 is 5.76. The van der Waals surface area contributed by atoms with E-state index in [1.165, 1.54) is 6.07 Å². The Morgan fingerprint density at radius 3 is 2.88 bits per heavy atom. The third-order valence-corrected chi connectivity index (χ3v) is 3.97. The molecule has 2 nitrogen and oxygen atoms in total. The molecule has 0 radical (unpaired) electrons. The van der Waals surface area contributed by atoms with E-state index in [4.69, 9.17) is 16.3 Å². The molecule has 1 N–H and O–H groups in total. The predicted octanol–water partition coefficient (Wildman–Crippen LogP) is 2.81. The highest BCUT2D eigenvalue weighted by Crippen LogP contribution is 2.38. The number of aliphatic hydroxyl groups is 1. The summed E-state index contributed by atoms with van der Waals surface area (Å²) in [7, 11) is 0. The van der Waals surface area contributed by atoms with Crippen LogP contribution in [-0.2, 0) is 11.2 Å². The van der Waals surface area contributed by atoms with Crippen LogP contribution in [0, 0.1) is 11.2 Å². The Morgan fingerprint density at radius 2 is 2.35 bits per heavy atom. The Kier molecular flexibility index (Phi) is 3.71. The fraction of sp³-hybridized carbons (Fsp3) is 0.538. The van der Waals surface area contributed by atoms with Gasteiger partial charge in [-0.05, 0) is 37.5 Å². The van der Waals surface area contributed by atoms with Gasteiger partial charge in [-0.3, -0.25) is 0 Å². The zero-order chi connectivity index (χ0) is 12.5. The van der Waals surface area contributed by atoms with Gasteiger partial charge in [-0.2, -0.15) is 0 Å². The average Bonchev–Trinajstić information content (AvgIpc) is 2.66. The SMILES string of the molecule is CC1OCCC1(CO)Cc1ccc(F)c(Cl)c1. The topological polar surface area (TPSA) is 29.5 Å². The number of hydrogen-bond donors (Lipinski definition) is 1. The molecule has 0 spiro atoms. The lowest BCUT2D eigenvalue weighted by atomic mass is 9.77. The largest absolute Gasteiger partial charge is 0.396 e. The van der Waals surface area contributed by atoms with Crippen molar-refractivity contribution >= 4 is 11.6 Å². The second-order valence-corrected chi connectivity index (χ2v) is 5.12. The van der Waals surface area contributed by atoms with Crippen molar-refractivity contribution in [3.05, 3.63) is 34.6 Å². The quantitative estimate of drug-likeness (QED) is 0.903. The predicted molar refractivity (Wildman–Crippen MR) is 64.7 cm³/mol. The van der Waals surface area contributed by atoms with E-state index in [-0.39, 0.29) is 23.1 Å². The summed E-state index contributed by atoms with van der Waals surface area (Å²) in [4.78, 5) is 0. The van der Waals surface area contributed by atoms with E-state index < -0.39 is 5.82 Å². The summed E-state index contributed by atoms with van der Waals surface area (Å²) in [5.41, 5.74) is 0.670. The van der Waals surface area contributed by atoms with E-state index in [1.807, 2.05) is 6.92 Å². The number of ether oxygens (including phenoxy) is 1. The van der Waals surface area contributed by atoms with Crippen LogP contribution in [0.25, 0.3) is 0 Å². The highest BCUT2D eigenvalue weighted by atomic mass is 35.5. The molecule has 0 amide bonds. The fourth-order valence-corrected chi connectivity index (χ4v) is 2.57. The third kappa shape index (κ3) is 2.46. The van der Waals surface area contributed by atoms with Crippen molar-refractivity contribution in [2.24, 2.45) is 5.41 Å². The van der Waals surface area contributed by atoms with Gasteiger partial charge in [-0.1, -0.05) is 17.7 Å². The van der Waals surface area contributed by atoms with Crippen molar-refractivity contribution < 1.29 is 14.2 Å². The minimum absolute atomic E-state index is 0.0105. The van der Waals surface area contributed by atoms with Gasteiger partial charge in [0.15, 0.2) is 0 Å². The maximum Gasteiger partial charge on any atom is 0.141 e. The van der Waals surface area contributed by atoms with E-state index in [0.29, 0.717) is 13.0 Å². The minimum Gasteiger partial charge on any atom is -0.396 e. The second-order valence-electron chi connectivity index (χ2n) is 4.71. The van der Waals surface area contributed by atoms with Crippen molar-refractivity contribution in [3.63, 3.8) is 0 Å². The van der Waals surface area contributed by atoms with Gasteiger partial charge in [0.2, 0.25) is 0 Å². The monoisotopic (exact) mass is 258 g/mol. The number of halogens is 2. The maximum atomic E-state index is 13.1. The molecule has 17 heavy (non-hydrogen) atoms. The van der Waals surface area contributed by atoms with E-state index >= 15 is 0 Å². The van der Waals surface area contributed by atoms with Crippen molar-refractivity contribution in [2.75, 3.05) is 13.2 Å². The molecular formula is C13H16ClFO2. The highest BCUT2D eigenvalue weighted by Gasteiger charge is 2.41. The summed E-state index contributed by atoms with van der Waals surface area (Å²) in [6.07, 6.45) is 1.49. The van der Waals surface area contributed by atoms with Gasteiger partial charge in [-0.25, -0.2) is 4.39 Å². The van der Waals surface area contributed by atoms with Crippen LogP contribution in [0.2, 0.25) is 5.02 Å². The van der Waals surface area contributed by atoms with Gasteiger partial charge >= 0.3 is 0 Å². The maximum absolute atomic E-state index is 13.1. The normalized spacial score (nSPS) is 28.6. The van der Waals surface area contributed by atoms with Crippen LogP contribution >= 0.6 is 11.6 Å². The first-order chi connectivity index (χ1) is 8.07. The standard InChI is InChI=1S/C13H16ClFO2/c1-9-13(8-16,4-5-17-9)7-10-2-3-12(15)11(14)6-10/h2-3,6,9,16H,4-5,7-8H2,1H3. The first-order valence-electron chi connectivity index (χ1n) is 5.74. The van der Waals surface area contributed by atoms with Crippen LogP contribution in [0.3, 0.4) is 0 Å². The summed E-state index contributed by atoms with van der Waals surface area (Å²) in [5, 5.41) is 9.71. The number of hydrogen-bond acceptors (Lipinski definition) is 2. The van der Waals surface area contributed by atoms with Gasteiger partial charge in [0, 0.05) is 12.0 Å². The summed E-state index contributed by atoms with van der Waals surface area (Å²) in [5.74, 6) is -0.413. The molecule has 1 aromatic carbocycles. The zero-order valence-corrected chi connectivity index (χ0v) is 10.5. The van der Waals surface area contributed by atoms with E-state index in [9.17, 15) is 9.50 Å². The van der Waals surface area contributed by atoms with Crippen LogP contribution in [0.1, 0.15) is 18.9 Å². The molecule has 1 aliphatic rings. The van der Waals surface area contributed by atoms with Gasteiger partial charge in [0.05, 0.1) is 17.7 Å². The van der Waals surface area contributed by atoms with Gasteiger partial charge in [0.1, 0.15) is 5.82 Å².